The van der Waals surface area contributed by atoms with Gasteiger partial charge in [-0.25, -0.2) is 4.68 Å². The van der Waals surface area contributed by atoms with Gasteiger partial charge < -0.3 is 11.1 Å². The molecule has 112 valence electrons. The number of hydrogen-bond acceptors (Lipinski definition) is 6. The van der Waals surface area contributed by atoms with E-state index in [1.54, 1.807) is 18.8 Å². The Kier molecular flexibility index (Phi) is 4.98. The maximum absolute atomic E-state index is 11.4. The molecule has 0 aliphatic heterocycles. The van der Waals surface area contributed by atoms with Crippen LogP contribution in [-0.2, 0) is 4.79 Å². The molecule has 7 nitrogen and oxygen atoms in total. The number of unbranched alkanes of at least 4 members (excludes halogenated alkanes) is 1. The first-order valence-corrected chi connectivity index (χ1v) is 7.95. The predicted molar refractivity (Wildman–Crippen MR) is 77.3 cm³/mol. The van der Waals surface area contributed by atoms with Crippen molar-refractivity contribution in [1.82, 2.24) is 25.5 Å². The zero-order chi connectivity index (χ0) is 14.6. The molecule has 1 heterocycles. The third-order valence-corrected chi connectivity index (χ3v) is 4.77. The monoisotopic (exact) mass is 298 g/mol. The zero-order valence-corrected chi connectivity index (χ0v) is 12.8. The number of amides is 1. The summed E-state index contributed by atoms with van der Waals surface area (Å²) in [6, 6.07) is 0.509. The molecule has 2 rings (SSSR count). The van der Waals surface area contributed by atoms with Crippen molar-refractivity contribution in [3.63, 3.8) is 0 Å². The molecule has 0 saturated heterocycles. The molecule has 0 radical (unpaired) electrons. The van der Waals surface area contributed by atoms with Crippen molar-refractivity contribution in [1.29, 1.82) is 0 Å². The Hall–Kier alpha value is -1.15. The average Bonchev–Trinajstić information content (AvgIpc) is 3.17. The Morgan fingerprint density at radius 3 is 2.90 bits per heavy atom. The van der Waals surface area contributed by atoms with Crippen LogP contribution in [0.25, 0.3) is 0 Å². The van der Waals surface area contributed by atoms with Gasteiger partial charge in [-0.1, -0.05) is 18.2 Å². The quantitative estimate of drug-likeness (QED) is 0.515. The molecule has 1 aliphatic carbocycles. The summed E-state index contributed by atoms with van der Waals surface area (Å²) in [7, 11) is 1.77. The molecule has 1 aromatic heterocycles. The second-order valence-corrected chi connectivity index (χ2v) is 6.45. The van der Waals surface area contributed by atoms with Gasteiger partial charge in [-0.3, -0.25) is 4.79 Å². The molecule has 0 bridgehead atoms. The predicted octanol–water partition coefficient (Wildman–Crippen LogP) is 0.734. The van der Waals surface area contributed by atoms with Crippen LogP contribution in [-0.4, -0.2) is 44.5 Å². The van der Waals surface area contributed by atoms with Gasteiger partial charge in [0.05, 0.1) is 11.6 Å². The van der Waals surface area contributed by atoms with Gasteiger partial charge in [0.1, 0.15) is 0 Å². The van der Waals surface area contributed by atoms with Crippen LogP contribution < -0.4 is 11.1 Å². The van der Waals surface area contributed by atoms with Gasteiger partial charge in [0.15, 0.2) is 0 Å². The number of carbonyl (C=O) groups is 1. The van der Waals surface area contributed by atoms with Crippen molar-refractivity contribution in [2.24, 2.45) is 5.73 Å². The molecule has 8 heteroatoms. The highest BCUT2D eigenvalue weighted by Crippen LogP contribution is 2.36. The van der Waals surface area contributed by atoms with Gasteiger partial charge in [-0.05, 0) is 50.1 Å². The number of carbonyl (C=O) groups excluding carboxylic acids is 1. The Bertz CT molecular complexity index is 461. The van der Waals surface area contributed by atoms with E-state index < -0.39 is 5.54 Å². The molecule has 0 spiro atoms. The number of nitrogens with zero attached hydrogens (tertiary/aromatic N) is 4. The van der Waals surface area contributed by atoms with Crippen LogP contribution in [0.3, 0.4) is 0 Å². The number of primary amides is 1. The number of hydrogen-bond donors (Lipinski definition) is 2. The standard InChI is InChI=1S/C12H22N6OS/c1-12(14-2,10(13)19)7-3-4-8-20-11-15-16-17-18(11)9-5-6-9/h9,14H,3-8H2,1-2H3,(H2,13,19). The second kappa shape index (κ2) is 6.53. The third-order valence-electron chi connectivity index (χ3n) is 3.75. The van der Waals surface area contributed by atoms with Gasteiger partial charge in [0.25, 0.3) is 0 Å². The van der Waals surface area contributed by atoms with E-state index in [2.05, 4.69) is 20.8 Å². The highest BCUT2D eigenvalue weighted by Gasteiger charge is 2.29. The summed E-state index contributed by atoms with van der Waals surface area (Å²) in [5, 5.41) is 15.7. The van der Waals surface area contributed by atoms with Gasteiger partial charge in [-0.2, -0.15) is 0 Å². The lowest BCUT2D eigenvalue weighted by atomic mass is 9.94. The normalized spacial score (nSPS) is 17.9. The van der Waals surface area contributed by atoms with E-state index in [1.165, 1.54) is 12.8 Å². The van der Waals surface area contributed by atoms with Crippen molar-refractivity contribution in [3.05, 3.63) is 0 Å². The molecule has 1 saturated carbocycles. The maximum atomic E-state index is 11.4. The fraction of sp³-hybridized carbons (Fsp3) is 0.833. The highest BCUT2D eigenvalue weighted by atomic mass is 32.2. The molecule has 1 atom stereocenters. The lowest BCUT2D eigenvalue weighted by Crippen LogP contribution is -2.51. The molecule has 1 aromatic rings. The topological polar surface area (TPSA) is 98.7 Å². The van der Waals surface area contributed by atoms with E-state index >= 15 is 0 Å². The number of nitrogens with two attached hydrogens (primary N) is 1. The van der Waals surface area contributed by atoms with Crippen LogP contribution in [0, 0.1) is 0 Å². The van der Waals surface area contributed by atoms with E-state index in [1.807, 2.05) is 11.6 Å². The number of aromatic nitrogens is 4. The summed E-state index contributed by atoms with van der Waals surface area (Å²) >= 11 is 1.68. The van der Waals surface area contributed by atoms with Crippen molar-refractivity contribution in [2.75, 3.05) is 12.8 Å². The minimum Gasteiger partial charge on any atom is -0.368 e. The number of nitrogens with one attached hydrogen (secondary N) is 1. The smallest absolute Gasteiger partial charge is 0.237 e. The fourth-order valence-corrected chi connectivity index (χ4v) is 2.89. The van der Waals surface area contributed by atoms with Crippen LogP contribution in [0.2, 0.25) is 0 Å². The van der Waals surface area contributed by atoms with Crippen LogP contribution >= 0.6 is 11.8 Å². The van der Waals surface area contributed by atoms with Crippen molar-refractivity contribution >= 4 is 17.7 Å². The minimum absolute atomic E-state index is 0.301. The summed E-state index contributed by atoms with van der Waals surface area (Å²) < 4.78 is 1.92. The lowest BCUT2D eigenvalue weighted by molar-refractivity contribution is -0.123. The summed E-state index contributed by atoms with van der Waals surface area (Å²) in [6.45, 7) is 1.84. The van der Waals surface area contributed by atoms with Gasteiger partial charge in [0.2, 0.25) is 11.1 Å². The van der Waals surface area contributed by atoms with E-state index in [-0.39, 0.29) is 5.91 Å². The first-order valence-electron chi connectivity index (χ1n) is 6.96. The first kappa shape index (κ1) is 15.2. The summed E-state index contributed by atoms with van der Waals surface area (Å²) in [6.07, 6.45) is 5.05. The molecular weight excluding hydrogens is 276 g/mol. The summed E-state index contributed by atoms with van der Waals surface area (Å²) in [5.74, 6) is 0.649. The van der Waals surface area contributed by atoms with Crippen molar-refractivity contribution in [3.8, 4) is 0 Å². The van der Waals surface area contributed by atoms with Crippen LogP contribution in [0.4, 0.5) is 0 Å². The molecule has 0 aromatic carbocycles. The Balaban J connectivity index is 1.69. The SMILES string of the molecule is CNC(C)(CCCCSc1nnnn1C1CC1)C(N)=O. The Morgan fingerprint density at radius 1 is 1.55 bits per heavy atom. The van der Waals surface area contributed by atoms with Gasteiger partial charge >= 0.3 is 0 Å². The Labute approximate surface area is 123 Å². The molecule has 1 unspecified atom stereocenters. The van der Waals surface area contributed by atoms with E-state index in [0.717, 1.165) is 30.2 Å². The zero-order valence-electron chi connectivity index (χ0n) is 12.0. The number of thioether (sulfide) groups is 1. The number of rotatable bonds is 9. The lowest BCUT2D eigenvalue weighted by Gasteiger charge is -2.25. The van der Waals surface area contributed by atoms with E-state index in [9.17, 15) is 4.79 Å². The van der Waals surface area contributed by atoms with Crippen LogP contribution in [0.15, 0.2) is 5.16 Å². The molecular formula is C12H22N6OS. The van der Waals surface area contributed by atoms with E-state index in [0.29, 0.717) is 6.04 Å². The number of tetrazole rings is 1. The van der Waals surface area contributed by atoms with Gasteiger partial charge in [0, 0.05) is 5.75 Å². The fourth-order valence-electron chi connectivity index (χ4n) is 1.94. The third kappa shape index (κ3) is 3.69. The van der Waals surface area contributed by atoms with Crippen LogP contribution in [0.5, 0.6) is 0 Å². The molecule has 1 fully saturated rings. The second-order valence-electron chi connectivity index (χ2n) is 5.39. The van der Waals surface area contributed by atoms with E-state index in [4.69, 9.17) is 5.73 Å². The molecule has 1 amide bonds. The van der Waals surface area contributed by atoms with Crippen molar-refractivity contribution in [2.45, 2.75) is 55.8 Å². The first-order chi connectivity index (χ1) is 9.57. The van der Waals surface area contributed by atoms with Crippen molar-refractivity contribution < 1.29 is 4.79 Å². The molecule has 3 N–H and O–H groups in total. The maximum Gasteiger partial charge on any atom is 0.237 e. The minimum atomic E-state index is -0.611. The summed E-state index contributed by atoms with van der Waals surface area (Å²) in [5.41, 5.74) is 4.79. The van der Waals surface area contributed by atoms with Crippen LogP contribution in [0.1, 0.15) is 45.1 Å². The number of likely N-dealkylation sites (N-methyl/N-ethyl adjacent to an activating group) is 1. The Morgan fingerprint density at radius 2 is 2.30 bits per heavy atom. The molecule has 1 aliphatic rings. The highest BCUT2D eigenvalue weighted by molar-refractivity contribution is 7.99. The van der Waals surface area contributed by atoms with Gasteiger partial charge in [-0.15, -0.1) is 5.10 Å². The molecule has 20 heavy (non-hydrogen) atoms. The summed E-state index contributed by atoms with van der Waals surface area (Å²) in [4.78, 5) is 11.4. The average molecular weight is 298 g/mol. The largest absolute Gasteiger partial charge is 0.368 e.